The number of amides is 1. The van der Waals surface area contributed by atoms with Crippen LogP contribution >= 0.6 is 0 Å². The van der Waals surface area contributed by atoms with E-state index in [-0.39, 0.29) is 18.3 Å². The number of aryl methyl sites for hydroxylation is 3. The topological polar surface area (TPSA) is 83.8 Å². The molecule has 1 amide bonds. The van der Waals surface area contributed by atoms with E-state index in [0.29, 0.717) is 11.3 Å². The second kappa shape index (κ2) is 11.2. The first-order valence-corrected chi connectivity index (χ1v) is 14.2. The molecular formula is C30H31FN4O3S. The van der Waals surface area contributed by atoms with E-state index in [9.17, 15) is 17.6 Å². The van der Waals surface area contributed by atoms with Crippen molar-refractivity contribution in [1.82, 2.24) is 9.99 Å². The molecule has 202 valence electrons. The van der Waals surface area contributed by atoms with Crippen molar-refractivity contribution in [2.24, 2.45) is 5.10 Å². The van der Waals surface area contributed by atoms with Gasteiger partial charge in [-0.1, -0.05) is 18.2 Å². The molecule has 1 aromatic heterocycles. The number of hydrazone groups is 1. The number of carbonyl (C=O) groups is 1. The minimum atomic E-state index is -3.52. The summed E-state index contributed by atoms with van der Waals surface area (Å²) < 4.78 is 41.7. The quantitative estimate of drug-likeness (QED) is 0.231. The van der Waals surface area contributed by atoms with E-state index in [2.05, 4.69) is 10.5 Å². The van der Waals surface area contributed by atoms with Gasteiger partial charge in [0.15, 0.2) is 0 Å². The first-order valence-electron chi connectivity index (χ1n) is 12.4. The Bertz CT molecular complexity index is 1640. The Kier molecular flexibility index (Phi) is 8.01. The van der Waals surface area contributed by atoms with Gasteiger partial charge in [0.1, 0.15) is 5.82 Å². The van der Waals surface area contributed by atoms with Crippen LogP contribution in [0.1, 0.15) is 44.0 Å². The van der Waals surface area contributed by atoms with Crippen LogP contribution in [0.2, 0.25) is 0 Å². The van der Waals surface area contributed by atoms with Gasteiger partial charge in [-0.25, -0.2) is 18.2 Å². The molecule has 4 rings (SSSR count). The molecule has 0 aliphatic carbocycles. The second-order valence-electron chi connectivity index (χ2n) is 9.57. The number of carbonyl (C=O) groups excluding carboxylic acids is 1. The molecule has 1 heterocycles. The van der Waals surface area contributed by atoms with Gasteiger partial charge in [0, 0.05) is 28.2 Å². The molecule has 9 heteroatoms. The van der Waals surface area contributed by atoms with Crippen molar-refractivity contribution in [2.45, 2.75) is 34.2 Å². The number of hydrogen-bond donors (Lipinski definition) is 1. The Morgan fingerprint density at radius 1 is 0.949 bits per heavy atom. The first-order chi connectivity index (χ1) is 18.4. The van der Waals surface area contributed by atoms with Crippen molar-refractivity contribution in [2.75, 3.05) is 10.6 Å². The summed E-state index contributed by atoms with van der Waals surface area (Å²) in [5.41, 5.74) is 9.86. The van der Waals surface area contributed by atoms with Crippen LogP contribution < -0.4 is 9.73 Å². The molecule has 0 unspecified atom stereocenters. The Labute approximate surface area is 228 Å². The monoisotopic (exact) mass is 546 g/mol. The van der Waals surface area contributed by atoms with E-state index < -0.39 is 10.0 Å². The Morgan fingerprint density at radius 2 is 1.62 bits per heavy atom. The van der Waals surface area contributed by atoms with Crippen molar-refractivity contribution in [3.63, 3.8) is 0 Å². The Balaban J connectivity index is 1.44. The van der Waals surface area contributed by atoms with Crippen LogP contribution in [0.5, 0.6) is 0 Å². The van der Waals surface area contributed by atoms with Crippen LogP contribution in [0.4, 0.5) is 10.1 Å². The average molecular weight is 547 g/mol. The summed E-state index contributed by atoms with van der Waals surface area (Å²) >= 11 is 0. The average Bonchev–Trinajstić information content (AvgIpc) is 3.17. The van der Waals surface area contributed by atoms with Gasteiger partial charge in [-0.2, -0.15) is 5.10 Å². The summed E-state index contributed by atoms with van der Waals surface area (Å²) in [5, 5.41) is 4.11. The summed E-state index contributed by atoms with van der Waals surface area (Å²) in [4.78, 5) is 12.7. The maximum Gasteiger partial charge on any atom is 0.271 e. The molecule has 1 N–H and O–H groups in total. The van der Waals surface area contributed by atoms with Crippen LogP contribution in [0.25, 0.3) is 5.69 Å². The van der Waals surface area contributed by atoms with Crippen molar-refractivity contribution in [1.29, 1.82) is 0 Å². The van der Waals surface area contributed by atoms with Gasteiger partial charge in [-0.3, -0.25) is 9.10 Å². The Hall–Kier alpha value is -4.24. The third-order valence-electron chi connectivity index (χ3n) is 6.65. The van der Waals surface area contributed by atoms with E-state index in [1.54, 1.807) is 48.7 Å². The lowest BCUT2D eigenvalue weighted by Gasteiger charge is -2.23. The lowest BCUT2D eigenvalue weighted by atomic mass is 10.1. The number of nitrogens with one attached hydrogen (secondary N) is 1. The number of sulfonamides is 1. The lowest BCUT2D eigenvalue weighted by Crippen LogP contribution is -2.29. The van der Waals surface area contributed by atoms with Gasteiger partial charge in [-0.05, 0) is 99.0 Å². The zero-order valence-electron chi connectivity index (χ0n) is 22.6. The second-order valence-corrected chi connectivity index (χ2v) is 11.5. The standard InChI is InChI=1S/C30H31FN4O3S/c1-20-6-13-29(16-21(20)2)34(39(5,37)38)19-24-7-9-25(10-8-24)30(36)33-32-18-26-17-22(3)35(23(26)4)28-14-11-27(31)12-15-28/h6-18H,19H2,1-5H3,(H,33,36)/b32-18-. The minimum absolute atomic E-state index is 0.144. The highest BCUT2D eigenvalue weighted by Gasteiger charge is 2.19. The summed E-state index contributed by atoms with van der Waals surface area (Å²) in [5.74, 6) is -0.688. The molecule has 4 aromatic rings. The predicted molar refractivity (Wildman–Crippen MR) is 154 cm³/mol. The maximum atomic E-state index is 13.3. The summed E-state index contributed by atoms with van der Waals surface area (Å²) in [6.07, 6.45) is 2.75. The highest BCUT2D eigenvalue weighted by atomic mass is 32.2. The van der Waals surface area contributed by atoms with Crippen LogP contribution in [0, 0.1) is 33.5 Å². The fourth-order valence-corrected chi connectivity index (χ4v) is 5.22. The molecule has 0 spiro atoms. The van der Waals surface area contributed by atoms with Gasteiger partial charge in [0.05, 0.1) is 24.7 Å². The largest absolute Gasteiger partial charge is 0.318 e. The van der Waals surface area contributed by atoms with E-state index in [1.165, 1.54) is 22.7 Å². The highest BCUT2D eigenvalue weighted by Crippen LogP contribution is 2.24. The SMILES string of the molecule is Cc1ccc(N(Cc2ccc(C(=O)N/N=C\c3cc(C)n(-c4ccc(F)cc4)c3C)cc2)S(C)(=O)=O)cc1C. The van der Waals surface area contributed by atoms with Crippen molar-refractivity contribution >= 4 is 27.8 Å². The molecule has 0 aliphatic heterocycles. The van der Waals surface area contributed by atoms with Crippen LogP contribution in [-0.4, -0.2) is 31.4 Å². The number of anilines is 1. The summed E-state index contributed by atoms with van der Waals surface area (Å²) in [6, 6.07) is 20.5. The smallest absolute Gasteiger partial charge is 0.271 e. The fourth-order valence-electron chi connectivity index (χ4n) is 4.34. The Morgan fingerprint density at radius 3 is 2.23 bits per heavy atom. The van der Waals surface area contributed by atoms with Crippen molar-refractivity contribution in [3.8, 4) is 5.69 Å². The molecule has 0 saturated heterocycles. The number of nitrogens with zero attached hydrogens (tertiary/aromatic N) is 3. The summed E-state index contributed by atoms with van der Waals surface area (Å²) in [7, 11) is -3.52. The molecule has 39 heavy (non-hydrogen) atoms. The lowest BCUT2D eigenvalue weighted by molar-refractivity contribution is 0.0955. The molecule has 0 radical (unpaired) electrons. The van der Waals surface area contributed by atoms with Crippen LogP contribution in [0.15, 0.2) is 77.9 Å². The minimum Gasteiger partial charge on any atom is -0.318 e. The normalized spacial score (nSPS) is 11.6. The van der Waals surface area contributed by atoms with Crippen molar-refractivity contribution in [3.05, 3.63) is 118 Å². The molecular weight excluding hydrogens is 515 g/mol. The molecule has 7 nitrogen and oxygen atoms in total. The zero-order valence-corrected chi connectivity index (χ0v) is 23.4. The van der Waals surface area contributed by atoms with E-state index in [0.717, 1.165) is 39.3 Å². The molecule has 0 fully saturated rings. The molecule has 3 aromatic carbocycles. The zero-order chi connectivity index (χ0) is 28.3. The summed E-state index contributed by atoms with van der Waals surface area (Å²) in [6.45, 7) is 7.93. The van der Waals surface area contributed by atoms with E-state index >= 15 is 0 Å². The first kappa shape index (κ1) is 27.8. The highest BCUT2D eigenvalue weighted by molar-refractivity contribution is 7.92. The third kappa shape index (κ3) is 6.43. The number of benzene rings is 3. The number of aromatic nitrogens is 1. The van der Waals surface area contributed by atoms with Gasteiger partial charge >= 0.3 is 0 Å². The van der Waals surface area contributed by atoms with E-state index in [1.807, 2.05) is 50.5 Å². The number of rotatable bonds is 8. The van der Waals surface area contributed by atoms with Crippen LogP contribution in [0.3, 0.4) is 0 Å². The number of halogens is 1. The molecule has 0 atom stereocenters. The van der Waals surface area contributed by atoms with Gasteiger partial charge in [0.2, 0.25) is 10.0 Å². The van der Waals surface area contributed by atoms with Crippen molar-refractivity contribution < 1.29 is 17.6 Å². The maximum absolute atomic E-state index is 13.3. The fraction of sp³-hybridized carbons (Fsp3) is 0.200. The molecule has 0 aliphatic rings. The molecule has 0 bridgehead atoms. The van der Waals surface area contributed by atoms with E-state index in [4.69, 9.17) is 0 Å². The predicted octanol–water partition coefficient (Wildman–Crippen LogP) is 5.58. The molecule has 0 saturated carbocycles. The van der Waals surface area contributed by atoms with Gasteiger partial charge in [0.25, 0.3) is 5.91 Å². The third-order valence-corrected chi connectivity index (χ3v) is 7.79. The van der Waals surface area contributed by atoms with Gasteiger partial charge in [-0.15, -0.1) is 0 Å². The van der Waals surface area contributed by atoms with Crippen LogP contribution in [-0.2, 0) is 16.6 Å². The number of hydrogen-bond acceptors (Lipinski definition) is 4. The van der Waals surface area contributed by atoms with Gasteiger partial charge < -0.3 is 4.57 Å².